The second kappa shape index (κ2) is 6.75. The molecule has 10 heteroatoms. The van der Waals surface area contributed by atoms with Crippen LogP contribution in [0.15, 0.2) is 47.6 Å². The molecule has 0 bridgehead atoms. The van der Waals surface area contributed by atoms with Gasteiger partial charge in [0.2, 0.25) is 0 Å². The molecular formula is C19H19N5O4S. The number of para-hydroxylation sites is 1. The molecule has 3 aromatic rings. The lowest BCUT2D eigenvalue weighted by Crippen LogP contribution is -2.43. The van der Waals surface area contributed by atoms with Crippen LogP contribution in [-0.4, -0.2) is 56.1 Å². The normalized spacial score (nSPS) is 17.0. The van der Waals surface area contributed by atoms with E-state index in [1.807, 2.05) is 0 Å². The number of ether oxygens (including phenoxy) is 1. The SMILES string of the molecule is O=C1COc2c(cccc2S(=O)(=O)n2cc(N3CCNCC3)c3ncccc32)N1. The summed E-state index contributed by atoms with van der Waals surface area (Å²) >= 11 is 0. The van der Waals surface area contributed by atoms with Crippen LogP contribution in [0.4, 0.5) is 11.4 Å². The number of nitrogens with zero attached hydrogens (tertiary/aromatic N) is 3. The molecule has 1 aromatic carbocycles. The van der Waals surface area contributed by atoms with E-state index in [1.54, 1.807) is 36.7 Å². The van der Waals surface area contributed by atoms with Gasteiger partial charge in [-0.1, -0.05) is 6.07 Å². The molecule has 29 heavy (non-hydrogen) atoms. The highest BCUT2D eigenvalue weighted by molar-refractivity contribution is 7.90. The Morgan fingerprint density at radius 1 is 1.10 bits per heavy atom. The minimum atomic E-state index is -3.98. The fourth-order valence-electron chi connectivity index (χ4n) is 3.75. The van der Waals surface area contributed by atoms with Gasteiger partial charge in [-0.3, -0.25) is 9.78 Å². The van der Waals surface area contributed by atoms with Crippen LogP contribution in [0.3, 0.4) is 0 Å². The molecular weight excluding hydrogens is 394 g/mol. The molecule has 4 heterocycles. The van der Waals surface area contributed by atoms with Crippen LogP contribution < -0.4 is 20.3 Å². The van der Waals surface area contributed by atoms with Crippen molar-refractivity contribution in [3.63, 3.8) is 0 Å². The Hall–Kier alpha value is -3.11. The maximum Gasteiger partial charge on any atom is 0.272 e. The van der Waals surface area contributed by atoms with Crippen molar-refractivity contribution in [1.29, 1.82) is 0 Å². The molecule has 0 aliphatic carbocycles. The summed E-state index contributed by atoms with van der Waals surface area (Å²) in [5.41, 5.74) is 2.26. The van der Waals surface area contributed by atoms with Crippen LogP contribution in [-0.2, 0) is 14.8 Å². The zero-order valence-electron chi connectivity index (χ0n) is 15.5. The standard InChI is InChI=1S/C19H19N5O4S/c25-17-12-28-19-13(22-17)3-1-5-16(19)29(26,27)24-11-15(23-9-7-20-8-10-23)18-14(24)4-2-6-21-18/h1-6,11,20H,7-10,12H2,(H,22,25). The summed E-state index contributed by atoms with van der Waals surface area (Å²) in [6.45, 7) is 2.97. The molecule has 0 spiro atoms. The Bertz CT molecular complexity index is 1210. The van der Waals surface area contributed by atoms with Gasteiger partial charge in [-0.15, -0.1) is 0 Å². The number of piperazine rings is 1. The molecule has 2 aromatic heterocycles. The van der Waals surface area contributed by atoms with Crippen molar-refractivity contribution in [3.8, 4) is 5.75 Å². The van der Waals surface area contributed by atoms with Crippen molar-refractivity contribution >= 4 is 38.3 Å². The molecule has 150 valence electrons. The van der Waals surface area contributed by atoms with Gasteiger partial charge >= 0.3 is 0 Å². The zero-order valence-corrected chi connectivity index (χ0v) is 16.3. The molecule has 0 radical (unpaired) electrons. The van der Waals surface area contributed by atoms with Gasteiger partial charge in [0.15, 0.2) is 12.4 Å². The van der Waals surface area contributed by atoms with Gasteiger partial charge in [0.25, 0.3) is 15.9 Å². The van der Waals surface area contributed by atoms with Crippen molar-refractivity contribution in [2.45, 2.75) is 4.90 Å². The Labute approximate surface area is 167 Å². The Morgan fingerprint density at radius 3 is 2.76 bits per heavy atom. The van der Waals surface area contributed by atoms with Crippen LogP contribution in [0.5, 0.6) is 5.75 Å². The lowest BCUT2D eigenvalue weighted by Gasteiger charge is -2.28. The highest BCUT2D eigenvalue weighted by Gasteiger charge is 2.30. The predicted octanol–water partition coefficient (Wildman–Crippen LogP) is 1.01. The number of benzene rings is 1. The van der Waals surface area contributed by atoms with E-state index in [0.29, 0.717) is 16.7 Å². The van der Waals surface area contributed by atoms with Gasteiger partial charge in [0.1, 0.15) is 10.4 Å². The fraction of sp³-hybridized carbons (Fsp3) is 0.263. The van der Waals surface area contributed by atoms with Crippen LogP contribution in [0.25, 0.3) is 11.0 Å². The number of fused-ring (bicyclic) bond motifs is 2. The molecule has 0 atom stereocenters. The molecule has 0 unspecified atom stereocenters. The third-order valence-electron chi connectivity index (χ3n) is 5.10. The van der Waals surface area contributed by atoms with Crippen molar-refractivity contribution in [2.75, 3.05) is 43.0 Å². The van der Waals surface area contributed by atoms with E-state index in [0.717, 1.165) is 31.9 Å². The summed E-state index contributed by atoms with van der Waals surface area (Å²) < 4.78 is 33.9. The molecule has 9 nitrogen and oxygen atoms in total. The molecule has 0 saturated carbocycles. The summed E-state index contributed by atoms with van der Waals surface area (Å²) in [4.78, 5) is 18.2. The number of anilines is 2. The van der Waals surface area contributed by atoms with E-state index in [9.17, 15) is 13.2 Å². The summed E-state index contributed by atoms with van der Waals surface area (Å²) in [5, 5.41) is 5.95. The lowest BCUT2D eigenvalue weighted by molar-refractivity contribution is -0.118. The summed E-state index contributed by atoms with van der Waals surface area (Å²) in [7, 11) is -3.98. The van der Waals surface area contributed by atoms with Crippen molar-refractivity contribution < 1.29 is 17.9 Å². The lowest BCUT2D eigenvalue weighted by atomic mass is 10.2. The van der Waals surface area contributed by atoms with Gasteiger partial charge < -0.3 is 20.3 Å². The van der Waals surface area contributed by atoms with E-state index in [4.69, 9.17) is 4.74 Å². The number of rotatable bonds is 3. The predicted molar refractivity (Wildman–Crippen MR) is 108 cm³/mol. The van der Waals surface area contributed by atoms with E-state index in [-0.39, 0.29) is 23.2 Å². The smallest absolute Gasteiger partial charge is 0.272 e. The Balaban J connectivity index is 1.68. The van der Waals surface area contributed by atoms with Crippen molar-refractivity contribution in [1.82, 2.24) is 14.3 Å². The van der Waals surface area contributed by atoms with Crippen LogP contribution in [0, 0.1) is 0 Å². The van der Waals surface area contributed by atoms with E-state index in [1.165, 1.54) is 10.0 Å². The van der Waals surface area contributed by atoms with E-state index < -0.39 is 10.0 Å². The molecule has 2 aliphatic rings. The Morgan fingerprint density at radius 2 is 1.93 bits per heavy atom. The summed E-state index contributed by atoms with van der Waals surface area (Å²) in [6.07, 6.45) is 3.28. The van der Waals surface area contributed by atoms with Gasteiger partial charge in [-0.05, 0) is 24.3 Å². The zero-order chi connectivity index (χ0) is 20.0. The van der Waals surface area contributed by atoms with E-state index in [2.05, 4.69) is 20.5 Å². The first-order chi connectivity index (χ1) is 14.1. The number of aromatic nitrogens is 2. The second-order valence-corrected chi connectivity index (χ2v) is 8.68. The quantitative estimate of drug-likeness (QED) is 0.660. The minimum Gasteiger partial charge on any atom is -0.480 e. The number of hydrogen-bond acceptors (Lipinski definition) is 7. The van der Waals surface area contributed by atoms with Crippen molar-refractivity contribution in [2.24, 2.45) is 0 Å². The maximum atomic E-state index is 13.6. The first-order valence-corrected chi connectivity index (χ1v) is 10.7. The van der Waals surface area contributed by atoms with Gasteiger partial charge in [-0.2, -0.15) is 0 Å². The van der Waals surface area contributed by atoms with E-state index >= 15 is 0 Å². The first-order valence-electron chi connectivity index (χ1n) is 9.29. The Kier molecular flexibility index (Phi) is 4.18. The summed E-state index contributed by atoms with van der Waals surface area (Å²) in [5.74, 6) is -0.162. The highest BCUT2D eigenvalue weighted by Crippen LogP contribution is 2.38. The molecule has 2 aliphatic heterocycles. The third kappa shape index (κ3) is 2.91. The number of hydrogen-bond donors (Lipinski definition) is 2. The second-order valence-electron chi connectivity index (χ2n) is 6.89. The number of nitrogens with one attached hydrogen (secondary N) is 2. The maximum absolute atomic E-state index is 13.6. The topological polar surface area (TPSA) is 106 Å². The third-order valence-corrected chi connectivity index (χ3v) is 6.80. The molecule has 1 fully saturated rings. The van der Waals surface area contributed by atoms with Gasteiger partial charge in [-0.25, -0.2) is 12.4 Å². The monoisotopic (exact) mass is 413 g/mol. The number of amides is 1. The largest absolute Gasteiger partial charge is 0.480 e. The average molecular weight is 413 g/mol. The van der Waals surface area contributed by atoms with Crippen molar-refractivity contribution in [3.05, 3.63) is 42.7 Å². The fourth-order valence-corrected chi connectivity index (χ4v) is 5.26. The average Bonchev–Trinajstić information content (AvgIpc) is 3.14. The molecule has 2 N–H and O–H groups in total. The first kappa shape index (κ1) is 18.0. The van der Waals surface area contributed by atoms with Crippen LogP contribution >= 0.6 is 0 Å². The molecule has 1 amide bonds. The number of pyridine rings is 1. The number of carbonyl (C=O) groups excluding carboxylic acids is 1. The molecule has 5 rings (SSSR count). The van der Waals surface area contributed by atoms with Gasteiger partial charge in [0.05, 0.1) is 16.9 Å². The minimum absolute atomic E-state index is 0.00242. The molecule has 1 saturated heterocycles. The van der Waals surface area contributed by atoms with Crippen LogP contribution in [0.2, 0.25) is 0 Å². The summed E-state index contributed by atoms with van der Waals surface area (Å²) in [6, 6.07) is 8.14. The highest BCUT2D eigenvalue weighted by atomic mass is 32.2. The van der Waals surface area contributed by atoms with Crippen LogP contribution in [0.1, 0.15) is 0 Å². The number of carbonyl (C=O) groups is 1. The van der Waals surface area contributed by atoms with Gasteiger partial charge in [0, 0.05) is 38.6 Å².